The van der Waals surface area contributed by atoms with Crippen LogP contribution in [-0.4, -0.2) is 32.5 Å². The molecule has 0 radical (unpaired) electrons. The van der Waals surface area contributed by atoms with Gasteiger partial charge in [0.05, 0.1) is 11.9 Å². The molecule has 0 aromatic carbocycles. The van der Waals surface area contributed by atoms with E-state index in [0.29, 0.717) is 17.5 Å². The molecule has 0 fully saturated rings. The van der Waals surface area contributed by atoms with Crippen LogP contribution in [0.4, 0.5) is 0 Å². The van der Waals surface area contributed by atoms with Gasteiger partial charge in [0, 0.05) is 11.8 Å². The SMILES string of the molecule is O=Cc1[nH]ncc1C(C(=O)O)c1ccccn1. The van der Waals surface area contributed by atoms with Gasteiger partial charge in [0.15, 0.2) is 6.29 Å². The second-order valence-corrected chi connectivity index (χ2v) is 3.38. The van der Waals surface area contributed by atoms with Crippen molar-refractivity contribution in [1.82, 2.24) is 15.2 Å². The molecule has 17 heavy (non-hydrogen) atoms. The molecule has 1 unspecified atom stereocenters. The first kappa shape index (κ1) is 11.0. The van der Waals surface area contributed by atoms with Crippen LogP contribution in [0.2, 0.25) is 0 Å². The summed E-state index contributed by atoms with van der Waals surface area (Å²) in [6.45, 7) is 0. The fourth-order valence-corrected chi connectivity index (χ4v) is 1.60. The van der Waals surface area contributed by atoms with Crippen LogP contribution in [0.15, 0.2) is 30.6 Å². The Morgan fingerprint density at radius 2 is 2.29 bits per heavy atom. The third kappa shape index (κ3) is 2.05. The van der Waals surface area contributed by atoms with Gasteiger partial charge < -0.3 is 5.11 Å². The molecule has 0 aliphatic rings. The lowest BCUT2D eigenvalue weighted by atomic mass is 9.96. The molecule has 2 aromatic rings. The molecule has 2 rings (SSSR count). The zero-order chi connectivity index (χ0) is 12.3. The van der Waals surface area contributed by atoms with Crippen LogP contribution in [-0.2, 0) is 4.79 Å². The highest BCUT2D eigenvalue weighted by Crippen LogP contribution is 2.24. The third-order valence-corrected chi connectivity index (χ3v) is 2.36. The molecule has 0 saturated heterocycles. The first-order valence-electron chi connectivity index (χ1n) is 4.86. The first-order chi connectivity index (χ1) is 8.24. The summed E-state index contributed by atoms with van der Waals surface area (Å²) < 4.78 is 0. The van der Waals surface area contributed by atoms with Gasteiger partial charge in [0.2, 0.25) is 0 Å². The molecular weight excluding hydrogens is 222 g/mol. The first-order valence-corrected chi connectivity index (χ1v) is 4.86. The number of H-pyrrole nitrogens is 1. The zero-order valence-electron chi connectivity index (χ0n) is 8.70. The monoisotopic (exact) mass is 231 g/mol. The Kier molecular flexibility index (Phi) is 2.95. The highest BCUT2D eigenvalue weighted by Gasteiger charge is 2.27. The van der Waals surface area contributed by atoms with Crippen LogP contribution in [0.1, 0.15) is 27.7 Å². The number of aliphatic carboxylic acids is 1. The number of rotatable bonds is 4. The molecule has 86 valence electrons. The van der Waals surface area contributed by atoms with Gasteiger partial charge in [-0.05, 0) is 12.1 Å². The summed E-state index contributed by atoms with van der Waals surface area (Å²) in [4.78, 5) is 26.0. The van der Waals surface area contributed by atoms with Gasteiger partial charge in [-0.3, -0.25) is 19.7 Å². The third-order valence-electron chi connectivity index (χ3n) is 2.36. The molecular formula is C11H9N3O3. The number of nitrogens with zero attached hydrogens (tertiary/aromatic N) is 2. The summed E-state index contributed by atoms with van der Waals surface area (Å²) in [7, 11) is 0. The van der Waals surface area contributed by atoms with E-state index in [0.717, 1.165) is 0 Å². The molecule has 0 saturated carbocycles. The lowest BCUT2D eigenvalue weighted by molar-refractivity contribution is -0.137. The maximum atomic E-state index is 11.3. The number of carboxylic acid groups (broad SMARTS) is 1. The summed E-state index contributed by atoms with van der Waals surface area (Å²) in [5, 5.41) is 15.3. The van der Waals surface area contributed by atoms with Crippen molar-refractivity contribution >= 4 is 12.3 Å². The van der Waals surface area contributed by atoms with E-state index < -0.39 is 11.9 Å². The van der Waals surface area contributed by atoms with Gasteiger partial charge in [-0.15, -0.1) is 0 Å². The molecule has 1 atom stereocenters. The van der Waals surface area contributed by atoms with Crippen molar-refractivity contribution in [3.63, 3.8) is 0 Å². The maximum absolute atomic E-state index is 11.3. The largest absolute Gasteiger partial charge is 0.480 e. The van der Waals surface area contributed by atoms with Crippen LogP contribution in [0.5, 0.6) is 0 Å². The molecule has 0 aliphatic carbocycles. The average Bonchev–Trinajstić information content (AvgIpc) is 2.78. The molecule has 6 nitrogen and oxygen atoms in total. The number of pyridine rings is 1. The number of aromatic nitrogens is 3. The Morgan fingerprint density at radius 3 is 2.88 bits per heavy atom. The molecule has 0 spiro atoms. The topological polar surface area (TPSA) is 95.9 Å². The van der Waals surface area contributed by atoms with E-state index in [2.05, 4.69) is 15.2 Å². The van der Waals surface area contributed by atoms with Crippen molar-refractivity contribution < 1.29 is 14.7 Å². The zero-order valence-corrected chi connectivity index (χ0v) is 8.70. The van der Waals surface area contributed by atoms with E-state index in [1.165, 1.54) is 12.4 Å². The maximum Gasteiger partial charge on any atom is 0.317 e. The minimum absolute atomic E-state index is 0.156. The van der Waals surface area contributed by atoms with Gasteiger partial charge in [-0.2, -0.15) is 5.10 Å². The van der Waals surface area contributed by atoms with E-state index in [1.54, 1.807) is 18.2 Å². The van der Waals surface area contributed by atoms with Crippen LogP contribution in [0.25, 0.3) is 0 Å². The summed E-state index contributed by atoms with van der Waals surface area (Å²) >= 11 is 0. The minimum atomic E-state index is -1.08. The number of carbonyl (C=O) groups is 2. The van der Waals surface area contributed by atoms with E-state index in [4.69, 9.17) is 0 Å². The smallest absolute Gasteiger partial charge is 0.317 e. The number of nitrogens with one attached hydrogen (secondary N) is 1. The lowest BCUT2D eigenvalue weighted by Gasteiger charge is -2.10. The fraction of sp³-hybridized carbons (Fsp3) is 0.0909. The van der Waals surface area contributed by atoms with E-state index in [1.807, 2.05) is 0 Å². The number of carbonyl (C=O) groups excluding carboxylic acids is 1. The predicted molar refractivity (Wildman–Crippen MR) is 57.7 cm³/mol. The summed E-state index contributed by atoms with van der Waals surface area (Å²) in [5.41, 5.74) is 0.832. The van der Waals surface area contributed by atoms with Crippen molar-refractivity contribution in [2.24, 2.45) is 0 Å². The highest BCUT2D eigenvalue weighted by molar-refractivity contribution is 5.84. The summed E-state index contributed by atoms with van der Waals surface area (Å²) in [5.74, 6) is -2.07. The molecule has 2 heterocycles. The van der Waals surface area contributed by atoms with Gasteiger partial charge in [0.1, 0.15) is 11.6 Å². The van der Waals surface area contributed by atoms with E-state index in [-0.39, 0.29) is 5.69 Å². The lowest BCUT2D eigenvalue weighted by Crippen LogP contribution is -2.15. The van der Waals surface area contributed by atoms with Crippen LogP contribution in [0.3, 0.4) is 0 Å². The number of hydrogen-bond donors (Lipinski definition) is 2. The fourth-order valence-electron chi connectivity index (χ4n) is 1.60. The number of aldehydes is 1. The number of carboxylic acids is 1. The summed E-state index contributed by atoms with van der Waals surface area (Å²) in [6.07, 6.45) is 3.38. The molecule has 0 aliphatic heterocycles. The van der Waals surface area contributed by atoms with Gasteiger partial charge in [-0.1, -0.05) is 6.07 Å². The molecule has 2 N–H and O–H groups in total. The van der Waals surface area contributed by atoms with Crippen LogP contribution < -0.4 is 0 Å². The van der Waals surface area contributed by atoms with E-state index >= 15 is 0 Å². The number of hydrogen-bond acceptors (Lipinski definition) is 4. The normalized spacial score (nSPS) is 12.0. The van der Waals surface area contributed by atoms with Gasteiger partial charge >= 0.3 is 5.97 Å². The summed E-state index contributed by atoms with van der Waals surface area (Å²) in [6, 6.07) is 4.98. The molecule has 0 amide bonds. The van der Waals surface area contributed by atoms with Crippen LogP contribution >= 0.6 is 0 Å². The Labute approximate surface area is 96.3 Å². The Bertz CT molecular complexity index is 536. The Hall–Kier alpha value is -2.50. The van der Waals surface area contributed by atoms with Crippen molar-refractivity contribution in [1.29, 1.82) is 0 Å². The van der Waals surface area contributed by atoms with Crippen molar-refractivity contribution in [2.45, 2.75) is 5.92 Å². The Morgan fingerprint density at radius 1 is 1.47 bits per heavy atom. The number of aromatic amines is 1. The highest BCUT2D eigenvalue weighted by atomic mass is 16.4. The second-order valence-electron chi connectivity index (χ2n) is 3.38. The van der Waals surface area contributed by atoms with Crippen molar-refractivity contribution in [3.05, 3.63) is 47.5 Å². The quantitative estimate of drug-likeness (QED) is 0.760. The second kappa shape index (κ2) is 4.56. The van der Waals surface area contributed by atoms with Gasteiger partial charge in [0.25, 0.3) is 0 Å². The van der Waals surface area contributed by atoms with Crippen molar-refractivity contribution in [2.75, 3.05) is 0 Å². The standard InChI is InChI=1S/C11H9N3O3/c15-6-9-7(5-13-14-9)10(11(16)17)8-3-1-2-4-12-8/h1-6,10H,(H,13,14)(H,16,17). The van der Waals surface area contributed by atoms with Crippen molar-refractivity contribution in [3.8, 4) is 0 Å². The van der Waals surface area contributed by atoms with Crippen LogP contribution in [0, 0.1) is 0 Å². The minimum Gasteiger partial charge on any atom is -0.480 e. The van der Waals surface area contributed by atoms with Gasteiger partial charge in [-0.25, -0.2) is 0 Å². The Balaban J connectivity index is 2.51. The predicted octanol–water partition coefficient (Wildman–Crippen LogP) is 0.834. The molecule has 6 heteroatoms. The van der Waals surface area contributed by atoms with E-state index in [9.17, 15) is 14.7 Å². The molecule has 2 aromatic heterocycles. The molecule has 0 bridgehead atoms. The average molecular weight is 231 g/mol.